The average molecular weight is 178 g/mol. The SMILES string of the molecule is C[C@H]1c2ccccc2CC1CS. The predicted molar refractivity (Wildman–Crippen MR) is 55.9 cm³/mol. The van der Waals surface area contributed by atoms with Crippen molar-refractivity contribution in [2.45, 2.75) is 19.3 Å². The highest BCUT2D eigenvalue weighted by Crippen LogP contribution is 2.37. The molecule has 1 aliphatic carbocycles. The molecule has 0 fully saturated rings. The van der Waals surface area contributed by atoms with E-state index >= 15 is 0 Å². The normalized spacial score (nSPS) is 27.2. The Kier molecular flexibility index (Phi) is 2.14. The third-order valence-corrected chi connectivity index (χ3v) is 3.44. The third kappa shape index (κ3) is 1.16. The van der Waals surface area contributed by atoms with E-state index in [-0.39, 0.29) is 0 Å². The second-order valence-electron chi connectivity index (χ2n) is 3.63. The predicted octanol–water partition coefficient (Wildman–Crippen LogP) is 2.89. The van der Waals surface area contributed by atoms with Crippen LogP contribution in [0.4, 0.5) is 0 Å². The molecular formula is C11H14S. The smallest absolute Gasteiger partial charge is 0.00606 e. The first-order valence-electron chi connectivity index (χ1n) is 4.51. The topological polar surface area (TPSA) is 0 Å². The van der Waals surface area contributed by atoms with E-state index in [0.717, 1.165) is 11.7 Å². The van der Waals surface area contributed by atoms with Crippen LogP contribution in [0.3, 0.4) is 0 Å². The number of hydrogen-bond acceptors (Lipinski definition) is 1. The lowest BCUT2D eigenvalue weighted by Crippen LogP contribution is -2.05. The molecule has 1 aromatic carbocycles. The van der Waals surface area contributed by atoms with E-state index < -0.39 is 0 Å². The highest BCUT2D eigenvalue weighted by Gasteiger charge is 2.26. The molecule has 2 atom stereocenters. The molecule has 0 saturated heterocycles. The lowest BCUT2D eigenvalue weighted by molar-refractivity contribution is 0.542. The molecule has 2 rings (SSSR count). The fourth-order valence-electron chi connectivity index (χ4n) is 2.10. The Hall–Kier alpha value is -0.430. The first kappa shape index (κ1) is 8.18. The Morgan fingerprint density at radius 3 is 2.83 bits per heavy atom. The summed E-state index contributed by atoms with van der Waals surface area (Å²) in [7, 11) is 0. The molecule has 0 heterocycles. The van der Waals surface area contributed by atoms with Gasteiger partial charge in [0.1, 0.15) is 0 Å². The van der Waals surface area contributed by atoms with Gasteiger partial charge in [0.05, 0.1) is 0 Å². The fourth-order valence-corrected chi connectivity index (χ4v) is 2.55. The molecule has 0 nitrogen and oxygen atoms in total. The van der Waals surface area contributed by atoms with E-state index in [2.05, 4.69) is 43.8 Å². The number of thiol groups is 1. The van der Waals surface area contributed by atoms with Crippen LogP contribution in [0, 0.1) is 5.92 Å². The molecule has 0 aromatic heterocycles. The minimum atomic E-state index is 0.707. The summed E-state index contributed by atoms with van der Waals surface area (Å²) in [5.41, 5.74) is 3.07. The number of rotatable bonds is 1. The van der Waals surface area contributed by atoms with Gasteiger partial charge in [-0.1, -0.05) is 31.2 Å². The third-order valence-electron chi connectivity index (χ3n) is 2.97. The first-order valence-corrected chi connectivity index (χ1v) is 5.15. The summed E-state index contributed by atoms with van der Waals surface area (Å²) < 4.78 is 0. The minimum absolute atomic E-state index is 0.707. The monoisotopic (exact) mass is 178 g/mol. The van der Waals surface area contributed by atoms with Crippen molar-refractivity contribution in [2.24, 2.45) is 5.92 Å². The molecule has 1 aromatic rings. The molecule has 0 amide bonds. The molecule has 1 heteroatoms. The van der Waals surface area contributed by atoms with Gasteiger partial charge < -0.3 is 0 Å². The van der Waals surface area contributed by atoms with Gasteiger partial charge in [-0.05, 0) is 35.1 Å². The lowest BCUT2D eigenvalue weighted by Gasteiger charge is -2.11. The minimum Gasteiger partial charge on any atom is -0.179 e. The lowest BCUT2D eigenvalue weighted by atomic mass is 9.96. The van der Waals surface area contributed by atoms with Gasteiger partial charge in [-0.3, -0.25) is 0 Å². The highest BCUT2D eigenvalue weighted by molar-refractivity contribution is 7.80. The van der Waals surface area contributed by atoms with Gasteiger partial charge in [-0.25, -0.2) is 0 Å². The second-order valence-corrected chi connectivity index (χ2v) is 4.00. The van der Waals surface area contributed by atoms with E-state index in [4.69, 9.17) is 0 Å². The zero-order valence-corrected chi connectivity index (χ0v) is 8.22. The van der Waals surface area contributed by atoms with Crippen LogP contribution in [0.25, 0.3) is 0 Å². The standard InChI is InChI=1S/C11H14S/c1-8-10(7-12)6-9-4-2-3-5-11(8)9/h2-5,8,10,12H,6-7H2,1H3/t8-,10?/m1/s1. The molecule has 0 N–H and O–H groups in total. The first-order chi connectivity index (χ1) is 5.83. The number of benzene rings is 1. The summed E-state index contributed by atoms with van der Waals surface area (Å²) in [4.78, 5) is 0. The van der Waals surface area contributed by atoms with Crippen molar-refractivity contribution in [1.29, 1.82) is 0 Å². The van der Waals surface area contributed by atoms with Crippen molar-refractivity contribution in [3.05, 3.63) is 35.4 Å². The quantitative estimate of drug-likeness (QED) is 0.628. The Morgan fingerprint density at radius 2 is 2.17 bits per heavy atom. The van der Waals surface area contributed by atoms with Crippen LogP contribution < -0.4 is 0 Å². The van der Waals surface area contributed by atoms with Gasteiger partial charge in [-0.15, -0.1) is 0 Å². The van der Waals surface area contributed by atoms with Gasteiger partial charge in [0.15, 0.2) is 0 Å². The van der Waals surface area contributed by atoms with Crippen molar-refractivity contribution < 1.29 is 0 Å². The summed E-state index contributed by atoms with van der Waals surface area (Å²) in [5, 5.41) is 0. The Bertz CT molecular complexity index is 280. The zero-order chi connectivity index (χ0) is 8.55. The molecule has 0 bridgehead atoms. The molecule has 64 valence electrons. The average Bonchev–Trinajstić information content (AvgIpc) is 2.44. The van der Waals surface area contributed by atoms with Crippen LogP contribution in [0.2, 0.25) is 0 Å². The fraction of sp³-hybridized carbons (Fsp3) is 0.455. The van der Waals surface area contributed by atoms with Crippen LogP contribution in [-0.2, 0) is 6.42 Å². The summed E-state index contributed by atoms with van der Waals surface area (Å²) >= 11 is 4.38. The Labute approximate surface area is 79.4 Å². The summed E-state index contributed by atoms with van der Waals surface area (Å²) in [6.45, 7) is 2.31. The van der Waals surface area contributed by atoms with Crippen molar-refractivity contribution in [2.75, 3.05) is 5.75 Å². The van der Waals surface area contributed by atoms with Gasteiger partial charge in [-0.2, -0.15) is 12.6 Å². The molecule has 1 unspecified atom stereocenters. The largest absolute Gasteiger partial charge is 0.179 e. The molecule has 12 heavy (non-hydrogen) atoms. The summed E-state index contributed by atoms with van der Waals surface area (Å²) in [6.07, 6.45) is 1.22. The summed E-state index contributed by atoms with van der Waals surface area (Å²) in [5.74, 6) is 2.47. The Balaban J connectivity index is 2.35. The van der Waals surface area contributed by atoms with Crippen molar-refractivity contribution in [3.63, 3.8) is 0 Å². The van der Waals surface area contributed by atoms with E-state index in [0.29, 0.717) is 5.92 Å². The number of fused-ring (bicyclic) bond motifs is 1. The van der Waals surface area contributed by atoms with Gasteiger partial charge in [0.2, 0.25) is 0 Å². The zero-order valence-electron chi connectivity index (χ0n) is 7.33. The van der Waals surface area contributed by atoms with Crippen molar-refractivity contribution >= 4 is 12.6 Å². The maximum atomic E-state index is 4.38. The van der Waals surface area contributed by atoms with Gasteiger partial charge in [0, 0.05) is 0 Å². The van der Waals surface area contributed by atoms with Crippen molar-refractivity contribution in [3.8, 4) is 0 Å². The van der Waals surface area contributed by atoms with Crippen LogP contribution in [-0.4, -0.2) is 5.75 Å². The highest BCUT2D eigenvalue weighted by atomic mass is 32.1. The van der Waals surface area contributed by atoms with E-state index in [9.17, 15) is 0 Å². The van der Waals surface area contributed by atoms with Crippen LogP contribution in [0.15, 0.2) is 24.3 Å². The molecule has 0 radical (unpaired) electrons. The van der Waals surface area contributed by atoms with E-state index in [1.807, 2.05) is 0 Å². The van der Waals surface area contributed by atoms with Crippen LogP contribution in [0.1, 0.15) is 24.0 Å². The van der Waals surface area contributed by atoms with Crippen LogP contribution in [0.5, 0.6) is 0 Å². The molecule has 0 spiro atoms. The Morgan fingerprint density at radius 1 is 1.42 bits per heavy atom. The number of hydrogen-bond donors (Lipinski definition) is 1. The molecule has 0 saturated carbocycles. The van der Waals surface area contributed by atoms with E-state index in [1.165, 1.54) is 17.5 Å². The molecule has 0 aliphatic heterocycles. The van der Waals surface area contributed by atoms with Crippen LogP contribution >= 0.6 is 12.6 Å². The van der Waals surface area contributed by atoms with Gasteiger partial charge >= 0.3 is 0 Å². The molecular weight excluding hydrogens is 164 g/mol. The van der Waals surface area contributed by atoms with Crippen molar-refractivity contribution in [1.82, 2.24) is 0 Å². The van der Waals surface area contributed by atoms with Gasteiger partial charge in [0.25, 0.3) is 0 Å². The molecule has 1 aliphatic rings. The maximum Gasteiger partial charge on any atom is -0.00606 e. The maximum absolute atomic E-state index is 4.38. The second kappa shape index (κ2) is 3.14. The summed E-state index contributed by atoms with van der Waals surface area (Å²) in [6, 6.07) is 8.77. The van der Waals surface area contributed by atoms with E-state index in [1.54, 1.807) is 0 Å².